The number of hydrogen-bond acceptors (Lipinski definition) is 7. The van der Waals surface area contributed by atoms with Crippen LogP contribution in [-0.2, 0) is 34.5 Å². The van der Waals surface area contributed by atoms with E-state index >= 15 is 0 Å². The SMILES string of the molecule is CC(=O)N1CCC[C@H](Cn2c(-c3cc(C)c(=O)n(C)c3)nc3ccc(CNC(C(=O)OC(C)C)C(C)O)cc32)C1. The zero-order chi connectivity index (χ0) is 29.1. The fourth-order valence-electron chi connectivity index (χ4n) is 5.43. The number of imidazole rings is 1. The van der Waals surface area contributed by atoms with Crippen LogP contribution in [-0.4, -0.2) is 67.3 Å². The summed E-state index contributed by atoms with van der Waals surface area (Å²) < 4.78 is 9.08. The summed E-state index contributed by atoms with van der Waals surface area (Å²) >= 11 is 0. The minimum absolute atomic E-state index is 0.0483. The molecule has 10 heteroatoms. The van der Waals surface area contributed by atoms with Gasteiger partial charge in [0.05, 0.1) is 23.2 Å². The number of carbonyl (C=O) groups excluding carboxylic acids is 2. The minimum atomic E-state index is -0.921. The molecule has 1 fully saturated rings. The fraction of sp³-hybridized carbons (Fsp3) is 0.533. The molecule has 1 amide bonds. The third-order valence-corrected chi connectivity index (χ3v) is 7.45. The van der Waals surface area contributed by atoms with Crippen LogP contribution < -0.4 is 10.9 Å². The largest absolute Gasteiger partial charge is 0.462 e. The maximum atomic E-state index is 12.5. The van der Waals surface area contributed by atoms with Crippen molar-refractivity contribution in [2.45, 2.75) is 78.8 Å². The van der Waals surface area contributed by atoms with Gasteiger partial charge in [0.2, 0.25) is 5.91 Å². The molecule has 2 aromatic heterocycles. The van der Waals surface area contributed by atoms with Crippen molar-refractivity contribution in [3.05, 3.63) is 51.9 Å². The molecule has 2 N–H and O–H groups in total. The van der Waals surface area contributed by atoms with E-state index in [0.29, 0.717) is 25.2 Å². The molecular weight excluding hydrogens is 510 g/mol. The number of hydrogen-bond donors (Lipinski definition) is 2. The fourth-order valence-corrected chi connectivity index (χ4v) is 5.43. The summed E-state index contributed by atoms with van der Waals surface area (Å²) in [5.41, 5.74) is 4.11. The number of carbonyl (C=O) groups is 2. The van der Waals surface area contributed by atoms with Crippen LogP contribution in [0.4, 0.5) is 0 Å². The molecule has 0 radical (unpaired) electrons. The van der Waals surface area contributed by atoms with Gasteiger partial charge in [-0.2, -0.15) is 0 Å². The van der Waals surface area contributed by atoms with E-state index in [9.17, 15) is 19.5 Å². The predicted octanol–water partition coefficient (Wildman–Crippen LogP) is 2.76. The van der Waals surface area contributed by atoms with Gasteiger partial charge in [0.15, 0.2) is 0 Å². The molecule has 4 rings (SSSR count). The molecule has 0 aliphatic carbocycles. The Balaban J connectivity index is 1.71. The molecule has 1 aliphatic rings. The van der Waals surface area contributed by atoms with E-state index in [1.165, 1.54) is 0 Å². The first-order valence-electron chi connectivity index (χ1n) is 14.0. The molecule has 1 aliphatic heterocycles. The van der Waals surface area contributed by atoms with Crippen molar-refractivity contribution in [1.82, 2.24) is 24.3 Å². The van der Waals surface area contributed by atoms with Crippen LogP contribution in [0.2, 0.25) is 0 Å². The number of aliphatic hydroxyl groups is 1. The molecule has 10 nitrogen and oxygen atoms in total. The Labute approximate surface area is 235 Å². The highest BCUT2D eigenvalue weighted by atomic mass is 16.5. The van der Waals surface area contributed by atoms with Crippen LogP contribution in [0, 0.1) is 12.8 Å². The monoisotopic (exact) mass is 551 g/mol. The van der Waals surface area contributed by atoms with Gasteiger partial charge in [-0.3, -0.25) is 19.7 Å². The van der Waals surface area contributed by atoms with E-state index in [2.05, 4.69) is 9.88 Å². The summed E-state index contributed by atoms with van der Waals surface area (Å²) in [5.74, 6) is 0.623. The van der Waals surface area contributed by atoms with E-state index in [1.54, 1.807) is 46.2 Å². The Morgan fingerprint density at radius 1 is 1.23 bits per heavy atom. The quantitative estimate of drug-likeness (QED) is 0.393. The van der Waals surface area contributed by atoms with Gasteiger partial charge in [-0.05, 0) is 70.2 Å². The summed E-state index contributed by atoms with van der Waals surface area (Å²) in [5, 5.41) is 13.3. The number of aromatic nitrogens is 3. The number of aliphatic hydroxyl groups excluding tert-OH is 1. The Kier molecular flexibility index (Phi) is 9.10. The van der Waals surface area contributed by atoms with Crippen molar-refractivity contribution in [1.29, 1.82) is 0 Å². The maximum Gasteiger partial charge on any atom is 0.326 e. The molecule has 0 saturated carbocycles. The average Bonchev–Trinajstić information content (AvgIpc) is 3.24. The minimum Gasteiger partial charge on any atom is -0.462 e. The molecule has 1 aromatic carbocycles. The van der Waals surface area contributed by atoms with Crippen molar-refractivity contribution >= 4 is 22.9 Å². The summed E-state index contributed by atoms with van der Waals surface area (Å²) in [7, 11) is 1.74. The standard InChI is InChI=1S/C30H41N5O5/c1-18(2)40-30(39)27(20(4)36)31-14-22-9-10-25-26(13-22)35(16-23-8-7-11-34(15-23)21(5)37)28(32-25)24-12-19(3)29(38)33(6)17-24/h9-10,12-13,17-18,20,23,27,31,36H,7-8,11,14-16H2,1-6H3/t20?,23-,27?/m0/s1. The Morgan fingerprint density at radius 2 is 1.98 bits per heavy atom. The van der Waals surface area contributed by atoms with Crippen LogP contribution in [0.5, 0.6) is 0 Å². The Hall–Kier alpha value is -3.50. The maximum absolute atomic E-state index is 12.5. The first kappa shape index (κ1) is 29.5. The molecule has 216 valence electrons. The van der Waals surface area contributed by atoms with E-state index in [4.69, 9.17) is 9.72 Å². The first-order chi connectivity index (χ1) is 18.9. The van der Waals surface area contributed by atoms with Gasteiger partial charge in [-0.1, -0.05) is 6.07 Å². The van der Waals surface area contributed by atoms with E-state index in [0.717, 1.165) is 47.4 Å². The van der Waals surface area contributed by atoms with Gasteiger partial charge in [0.1, 0.15) is 11.9 Å². The van der Waals surface area contributed by atoms with E-state index < -0.39 is 18.1 Å². The zero-order valence-corrected chi connectivity index (χ0v) is 24.3. The lowest BCUT2D eigenvalue weighted by molar-refractivity contribution is -0.152. The summed E-state index contributed by atoms with van der Waals surface area (Å²) in [6.45, 7) is 11.0. The molecule has 3 aromatic rings. The van der Waals surface area contributed by atoms with Crippen LogP contribution >= 0.6 is 0 Å². The number of aryl methyl sites for hydroxylation is 2. The van der Waals surface area contributed by atoms with Gasteiger partial charge in [-0.15, -0.1) is 0 Å². The molecule has 0 bridgehead atoms. The van der Waals surface area contributed by atoms with Crippen molar-refractivity contribution in [3.8, 4) is 11.4 Å². The zero-order valence-electron chi connectivity index (χ0n) is 24.3. The lowest BCUT2D eigenvalue weighted by atomic mass is 9.97. The number of fused-ring (bicyclic) bond motifs is 1. The number of amides is 1. The highest BCUT2D eigenvalue weighted by Crippen LogP contribution is 2.29. The molecule has 40 heavy (non-hydrogen) atoms. The lowest BCUT2D eigenvalue weighted by Crippen LogP contribution is -2.46. The summed E-state index contributed by atoms with van der Waals surface area (Å²) in [6.07, 6.45) is 2.57. The van der Waals surface area contributed by atoms with Gasteiger partial charge in [0.25, 0.3) is 5.56 Å². The van der Waals surface area contributed by atoms with Crippen LogP contribution in [0.25, 0.3) is 22.4 Å². The topological polar surface area (TPSA) is 119 Å². The first-order valence-corrected chi connectivity index (χ1v) is 14.0. The van der Waals surface area contributed by atoms with Crippen molar-refractivity contribution in [2.75, 3.05) is 13.1 Å². The van der Waals surface area contributed by atoms with E-state index in [-0.39, 0.29) is 23.5 Å². The molecule has 1 saturated heterocycles. The number of rotatable bonds is 9. The lowest BCUT2D eigenvalue weighted by Gasteiger charge is -2.32. The van der Waals surface area contributed by atoms with Gasteiger partial charge in [0, 0.05) is 57.5 Å². The van der Waals surface area contributed by atoms with Crippen molar-refractivity contribution in [3.63, 3.8) is 0 Å². The second kappa shape index (κ2) is 12.3. The number of nitrogens with one attached hydrogen (secondary N) is 1. The van der Waals surface area contributed by atoms with Crippen LogP contribution in [0.1, 0.15) is 51.7 Å². The van der Waals surface area contributed by atoms with Gasteiger partial charge < -0.3 is 23.9 Å². The summed E-state index contributed by atoms with van der Waals surface area (Å²) in [4.78, 5) is 43.9. The van der Waals surface area contributed by atoms with Crippen molar-refractivity contribution < 1.29 is 19.4 Å². The average molecular weight is 552 g/mol. The second-order valence-electron chi connectivity index (χ2n) is 11.3. The summed E-state index contributed by atoms with van der Waals surface area (Å²) in [6, 6.07) is 6.97. The highest BCUT2D eigenvalue weighted by molar-refractivity contribution is 5.81. The predicted molar refractivity (Wildman–Crippen MR) is 154 cm³/mol. The number of nitrogens with zero attached hydrogens (tertiary/aromatic N) is 4. The smallest absolute Gasteiger partial charge is 0.326 e. The third kappa shape index (κ3) is 6.62. The van der Waals surface area contributed by atoms with Crippen LogP contribution in [0.3, 0.4) is 0 Å². The molecule has 0 spiro atoms. The molecule has 2 unspecified atom stereocenters. The second-order valence-corrected chi connectivity index (χ2v) is 11.3. The molecular formula is C30H41N5O5. The van der Waals surface area contributed by atoms with Gasteiger partial charge >= 0.3 is 5.97 Å². The Morgan fingerprint density at radius 3 is 2.62 bits per heavy atom. The van der Waals surface area contributed by atoms with Gasteiger partial charge in [-0.25, -0.2) is 4.98 Å². The van der Waals surface area contributed by atoms with Crippen LogP contribution in [0.15, 0.2) is 35.3 Å². The number of likely N-dealkylation sites (tertiary alicyclic amines) is 1. The number of benzene rings is 1. The Bertz CT molecular complexity index is 1410. The number of ether oxygens (including phenoxy) is 1. The normalized spacial score (nSPS) is 17.3. The number of piperidine rings is 1. The third-order valence-electron chi connectivity index (χ3n) is 7.45. The highest BCUT2D eigenvalue weighted by Gasteiger charge is 2.27. The molecule has 3 atom stereocenters. The molecule has 3 heterocycles. The number of pyridine rings is 1. The van der Waals surface area contributed by atoms with E-state index in [1.807, 2.05) is 35.4 Å². The van der Waals surface area contributed by atoms with Crippen molar-refractivity contribution in [2.24, 2.45) is 13.0 Å². The number of esters is 1.